The van der Waals surface area contributed by atoms with Gasteiger partial charge >= 0.3 is 6.09 Å². The van der Waals surface area contributed by atoms with Crippen molar-refractivity contribution >= 4 is 6.09 Å². The molecular formula is C16H30N2O3. The molecule has 2 rings (SSSR count). The molecule has 0 bridgehead atoms. The maximum Gasteiger partial charge on any atom is 0.407 e. The van der Waals surface area contributed by atoms with E-state index in [1.54, 1.807) is 0 Å². The Balaban J connectivity index is 1.66. The van der Waals surface area contributed by atoms with Crippen LogP contribution < -0.4 is 5.32 Å². The first-order valence-electron chi connectivity index (χ1n) is 8.15. The number of likely N-dealkylation sites (N-methyl/N-ethyl adjacent to an activating group) is 1. The first-order chi connectivity index (χ1) is 9.83. The Morgan fingerprint density at radius 3 is 2.33 bits per heavy atom. The molecule has 122 valence electrons. The van der Waals surface area contributed by atoms with Crippen molar-refractivity contribution in [1.82, 2.24) is 10.2 Å². The summed E-state index contributed by atoms with van der Waals surface area (Å²) >= 11 is 0. The minimum Gasteiger partial charge on any atom is -0.444 e. The maximum absolute atomic E-state index is 11.8. The normalized spacial score (nSPS) is 29.9. The van der Waals surface area contributed by atoms with Crippen LogP contribution in [0.25, 0.3) is 0 Å². The molecule has 1 N–H and O–H groups in total. The molecule has 2 aliphatic rings. The van der Waals surface area contributed by atoms with E-state index in [2.05, 4.69) is 17.3 Å². The van der Waals surface area contributed by atoms with Gasteiger partial charge in [-0.2, -0.15) is 0 Å². The molecule has 5 heteroatoms. The molecule has 1 atom stereocenters. The van der Waals surface area contributed by atoms with Gasteiger partial charge in [0.05, 0.1) is 6.10 Å². The van der Waals surface area contributed by atoms with E-state index in [0.717, 1.165) is 38.8 Å². The second kappa shape index (κ2) is 6.97. The van der Waals surface area contributed by atoms with Gasteiger partial charge in [-0.1, -0.05) is 0 Å². The third-order valence-electron chi connectivity index (χ3n) is 4.33. The second-order valence-corrected chi connectivity index (χ2v) is 7.37. The average Bonchev–Trinajstić information content (AvgIpc) is 2.32. The molecule has 1 saturated heterocycles. The maximum atomic E-state index is 11.8. The van der Waals surface area contributed by atoms with E-state index < -0.39 is 5.60 Å². The molecule has 1 aliphatic carbocycles. The molecule has 5 nitrogen and oxygen atoms in total. The SMILES string of the molecule is CN(CC1CCO1)[C@H]1CC[C@H](NC(=O)OC(C)(C)C)CC1. The molecule has 1 heterocycles. The topological polar surface area (TPSA) is 50.8 Å². The number of carbonyl (C=O) groups excluding carboxylic acids is 1. The zero-order valence-electron chi connectivity index (χ0n) is 13.9. The number of alkyl carbamates (subject to hydrolysis) is 1. The monoisotopic (exact) mass is 298 g/mol. The Bertz CT molecular complexity index is 342. The van der Waals surface area contributed by atoms with Crippen molar-refractivity contribution in [3.05, 3.63) is 0 Å². The predicted molar refractivity (Wildman–Crippen MR) is 82.4 cm³/mol. The van der Waals surface area contributed by atoms with E-state index in [0.29, 0.717) is 12.1 Å². The van der Waals surface area contributed by atoms with Gasteiger partial charge in [-0.25, -0.2) is 4.79 Å². The molecule has 1 unspecified atom stereocenters. The predicted octanol–water partition coefficient (Wildman–Crippen LogP) is 2.54. The lowest BCUT2D eigenvalue weighted by molar-refractivity contribution is -0.0701. The molecule has 0 aromatic carbocycles. The molecule has 1 saturated carbocycles. The first-order valence-corrected chi connectivity index (χ1v) is 8.15. The number of hydrogen-bond donors (Lipinski definition) is 1. The van der Waals surface area contributed by atoms with Gasteiger partial charge in [0.2, 0.25) is 0 Å². The molecule has 0 aromatic rings. The number of carbonyl (C=O) groups is 1. The van der Waals surface area contributed by atoms with E-state index in [1.165, 1.54) is 6.42 Å². The Morgan fingerprint density at radius 1 is 1.24 bits per heavy atom. The average molecular weight is 298 g/mol. The molecule has 1 amide bonds. The summed E-state index contributed by atoms with van der Waals surface area (Å²) in [6.45, 7) is 7.63. The fourth-order valence-corrected chi connectivity index (χ4v) is 3.03. The lowest BCUT2D eigenvalue weighted by atomic mass is 9.90. The number of nitrogens with zero attached hydrogens (tertiary/aromatic N) is 1. The van der Waals surface area contributed by atoms with Crippen LogP contribution in [0.4, 0.5) is 4.79 Å². The van der Waals surface area contributed by atoms with Gasteiger partial charge in [-0.3, -0.25) is 0 Å². The van der Waals surface area contributed by atoms with Gasteiger partial charge in [0, 0.05) is 25.2 Å². The van der Waals surface area contributed by atoms with E-state index in [9.17, 15) is 4.79 Å². The van der Waals surface area contributed by atoms with Crippen LogP contribution in [-0.2, 0) is 9.47 Å². The summed E-state index contributed by atoms with van der Waals surface area (Å²) in [7, 11) is 2.19. The van der Waals surface area contributed by atoms with E-state index in [-0.39, 0.29) is 12.1 Å². The lowest BCUT2D eigenvalue weighted by Crippen LogP contribution is -2.47. The standard InChI is InChI=1S/C16H30N2O3/c1-16(2,3)21-15(19)17-12-5-7-13(8-6-12)18(4)11-14-9-10-20-14/h12-14H,5-11H2,1-4H3,(H,17,19)/t12-,13-,14?. The first kappa shape index (κ1) is 16.6. The van der Waals surface area contributed by atoms with Crippen LogP contribution >= 0.6 is 0 Å². The van der Waals surface area contributed by atoms with Crippen molar-refractivity contribution in [2.45, 2.75) is 76.7 Å². The van der Waals surface area contributed by atoms with Crippen molar-refractivity contribution in [1.29, 1.82) is 0 Å². The quantitative estimate of drug-likeness (QED) is 0.866. The van der Waals surface area contributed by atoms with Crippen LogP contribution in [0.1, 0.15) is 52.9 Å². The molecule has 0 radical (unpaired) electrons. The third kappa shape index (κ3) is 5.47. The minimum absolute atomic E-state index is 0.254. The van der Waals surface area contributed by atoms with E-state index in [1.807, 2.05) is 20.8 Å². The van der Waals surface area contributed by atoms with Gasteiger partial charge in [-0.15, -0.1) is 0 Å². The Labute approximate surface area is 128 Å². The summed E-state index contributed by atoms with van der Waals surface area (Å²) in [6.07, 6.45) is 5.65. The summed E-state index contributed by atoms with van der Waals surface area (Å²) in [6, 6.07) is 0.871. The minimum atomic E-state index is -0.426. The molecule has 1 aliphatic heterocycles. The Hall–Kier alpha value is -0.810. The fraction of sp³-hybridized carbons (Fsp3) is 0.938. The summed E-state index contributed by atoms with van der Waals surface area (Å²) in [5.41, 5.74) is -0.426. The largest absolute Gasteiger partial charge is 0.444 e. The summed E-state index contributed by atoms with van der Waals surface area (Å²) in [5, 5.41) is 2.99. The van der Waals surface area contributed by atoms with Crippen molar-refractivity contribution in [2.24, 2.45) is 0 Å². The smallest absolute Gasteiger partial charge is 0.407 e. The summed E-state index contributed by atoms with van der Waals surface area (Å²) in [5.74, 6) is 0. The highest BCUT2D eigenvalue weighted by Crippen LogP contribution is 2.24. The lowest BCUT2D eigenvalue weighted by Gasteiger charge is -2.38. The van der Waals surface area contributed by atoms with Crippen molar-refractivity contribution < 1.29 is 14.3 Å². The van der Waals surface area contributed by atoms with Crippen LogP contribution in [0.5, 0.6) is 0 Å². The van der Waals surface area contributed by atoms with Gasteiger partial charge in [0.15, 0.2) is 0 Å². The third-order valence-corrected chi connectivity index (χ3v) is 4.33. The van der Waals surface area contributed by atoms with Gasteiger partial charge in [0.1, 0.15) is 5.60 Å². The van der Waals surface area contributed by atoms with Gasteiger partial charge in [0.25, 0.3) is 0 Å². The van der Waals surface area contributed by atoms with Crippen LogP contribution in [0.2, 0.25) is 0 Å². The Morgan fingerprint density at radius 2 is 1.86 bits per heavy atom. The van der Waals surface area contributed by atoms with Crippen LogP contribution in [-0.4, -0.2) is 55.0 Å². The highest BCUT2D eigenvalue weighted by atomic mass is 16.6. The second-order valence-electron chi connectivity index (χ2n) is 7.37. The Kier molecular flexibility index (Phi) is 5.49. The van der Waals surface area contributed by atoms with Crippen LogP contribution in [0.3, 0.4) is 0 Å². The zero-order valence-corrected chi connectivity index (χ0v) is 13.9. The number of nitrogens with one attached hydrogen (secondary N) is 1. The number of ether oxygens (including phenoxy) is 2. The number of hydrogen-bond acceptors (Lipinski definition) is 4. The molecule has 21 heavy (non-hydrogen) atoms. The van der Waals surface area contributed by atoms with Crippen molar-refractivity contribution in [3.63, 3.8) is 0 Å². The van der Waals surface area contributed by atoms with E-state index in [4.69, 9.17) is 9.47 Å². The summed E-state index contributed by atoms with van der Waals surface area (Å²) in [4.78, 5) is 14.2. The molecule has 2 fully saturated rings. The fourth-order valence-electron chi connectivity index (χ4n) is 3.03. The number of amides is 1. The highest BCUT2D eigenvalue weighted by molar-refractivity contribution is 5.68. The molecule has 0 aromatic heterocycles. The highest BCUT2D eigenvalue weighted by Gasteiger charge is 2.28. The summed E-state index contributed by atoms with van der Waals surface area (Å²) < 4.78 is 10.8. The number of rotatable bonds is 4. The van der Waals surface area contributed by atoms with Crippen LogP contribution in [0.15, 0.2) is 0 Å². The van der Waals surface area contributed by atoms with Crippen molar-refractivity contribution in [2.75, 3.05) is 20.2 Å². The van der Waals surface area contributed by atoms with Crippen LogP contribution in [0, 0.1) is 0 Å². The van der Waals surface area contributed by atoms with Crippen molar-refractivity contribution in [3.8, 4) is 0 Å². The van der Waals surface area contributed by atoms with Gasteiger partial charge in [-0.05, 0) is 59.9 Å². The molecule has 0 spiro atoms. The van der Waals surface area contributed by atoms with Gasteiger partial charge < -0.3 is 19.7 Å². The molecular weight excluding hydrogens is 268 g/mol. The van der Waals surface area contributed by atoms with E-state index >= 15 is 0 Å². The zero-order chi connectivity index (χ0) is 15.5.